The first kappa shape index (κ1) is 16.3. The second-order valence-electron chi connectivity index (χ2n) is 5.09. The monoisotopic (exact) mass is 285 g/mol. The molecule has 0 aliphatic heterocycles. The Kier molecular flexibility index (Phi) is 6.11. The zero-order valence-corrected chi connectivity index (χ0v) is 13.2. The fourth-order valence-corrected chi connectivity index (χ4v) is 2.22. The molecule has 0 heterocycles. The van der Waals surface area contributed by atoms with Crippen molar-refractivity contribution < 1.29 is 9.47 Å². The summed E-state index contributed by atoms with van der Waals surface area (Å²) in [6, 6.07) is 5.93. The van der Waals surface area contributed by atoms with Crippen molar-refractivity contribution in [2.75, 3.05) is 20.8 Å². The van der Waals surface area contributed by atoms with E-state index in [4.69, 9.17) is 21.1 Å². The lowest BCUT2D eigenvalue weighted by atomic mass is 9.91. The van der Waals surface area contributed by atoms with E-state index >= 15 is 0 Å². The number of hydrogen-bond donors (Lipinski definition) is 1. The van der Waals surface area contributed by atoms with Crippen molar-refractivity contribution in [3.8, 4) is 5.75 Å². The third kappa shape index (κ3) is 4.10. The Morgan fingerprint density at radius 3 is 2.53 bits per heavy atom. The van der Waals surface area contributed by atoms with Gasteiger partial charge in [0.1, 0.15) is 5.75 Å². The predicted molar refractivity (Wildman–Crippen MR) is 80.1 cm³/mol. The van der Waals surface area contributed by atoms with Crippen LogP contribution in [0.3, 0.4) is 0 Å². The van der Waals surface area contributed by atoms with Gasteiger partial charge in [0.2, 0.25) is 0 Å². The van der Waals surface area contributed by atoms with Gasteiger partial charge in [0.15, 0.2) is 0 Å². The summed E-state index contributed by atoms with van der Waals surface area (Å²) in [6.45, 7) is 7.22. The van der Waals surface area contributed by atoms with Crippen molar-refractivity contribution in [2.45, 2.75) is 38.8 Å². The highest BCUT2D eigenvalue weighted by atomic mass is 35.5. The van der Waals surface area contributed by atoms with Crippen molar-refractivity contribution in [3.05, 3.63) is 28.8 Å². The highest BCUT2D eigenvalue weighted by molar-refractivity contribution is 6.32. The van der Waals surface area contributed by atoms with E-state index in [0.717, 1.165) is 18.5 Å². The fourth-order valence-electron chi connectivity index (χ4n) is 2.03. The first-order valence-corrected chi connectivity index (χ1v) is 6.96. The van der Waals surface area contributed by atoms with Gasteiger partial charge in [-0.15, -0.1) is 0 Å². The second-order valence-corrected chi connectivity index (χ2v) is 5.50. The Bertz CT molecular complexity index is 407. The zero-order chi connectivity index (χ0) is 14.5. The number of ether oxygens (including phenoxy) is 2. The van der Waals surface area contributed by atoms with Gasteiger partial charge in [0.05, 0.1) is 23.8 Å². The molecule has 1 N–H and O–H groups in total. The molecule has 0 aromatic heterocycles. The minimum absolute atomic E-state index is 0.0867. The van der Waals surface area contributed by atoms with Gasteiger partial charge in [-0.3, -0.25) is 0 Å². The molecule has 0 radical (unpaired) electrons. The van der Waals surface area contributed by atoms with Gasteiger partial charge < -0.3 is 14.8 Å². The van der Waals surface area contributed by atoms with E-state index < -0.39 is 0 Å². The third-order valence-electron chi connectivity index (χ3n) is 3.33. The van der Waals surface area contributed by atoms with Crippen LogP contribution in [-0.2, 0) is 4.74 Å². The molecule has 0 fully saturated rings. The van der Waals surface area contributed by atoms with Crippen LogP contribution in [0.1, 0.15) is 38.8 Å². The summed E-state index contributed by atoms with van der Waals surface area (Å²) in [5, 5.41) is 4.15. The summed E-state index contributed by atoms with van der Waals surface area (Å²) in [5.74, 6) is 0.689. The number of halogens is 1. The molecule has 3 nitrogen and oxygen atoms in total. The van der Waals surface area contributed by atoms with Crippen LogP contribution >= 0.6 is 11.6 Å². The van der Waals surface area contributed by atoms with Crippen LogP contribution in [0.25, 0.3) is 0 Å². The minimum Gasteiger partial charge on any atom is -0.495 e. The van der Waals surface area contributed by atoms with Crippen molar-refractivity contribution in [3.63, 3.8) is 0 Å². The summed E-state index contributed by atoms with van der Waals surface area (Å²) < 4.78 is 10.9. The van der Waals surface area contributed by atoms with Gasteiger partial charge >= 0.3 is 0 Å². The topological polar surface area (TPSA) is 30.5 Å². The zero-order valence-electron chi connectivity index (χ0n) is 12.4. The Morgan fingerprint density at radius 1 is 1.32 bits per heavy atom. The smallest absolute Gasteiger partial charge is 0.137 e. The summed E-state index contributed by atoms with van der Waals surface area (Å²) in [7, 11) is 3.36. The largest absolute Gasteiger partial charge is 0.495 e. The molecule has 1 atom stereocenters. The van der Waals surface area contributed by atoms with Crippen molar-refractivity contribution in [2.24, 2.45) is 0 Å². The number of hydrogen-bond acceptors (Lipinski definition) is 3. The molecule has 0 amide bonds. The quantitative estimate of drug-likeness (QED) is 0.826. The Morgan fingerprint density at radius 2 is 2.00 bits per heavy atom. The van der Waals surface area contributed by atoms with Crippen LogP contribution in [0, 0.1) is 0 Å². The molecule has 0 bridgehead atoms. The highest BCUT2D eigenvalue weighted by Gasteiger charge is 2.30. The molecule has 19 heavy (non-hydrogen) atoms. The molecule has 0 aliphatic rings. The average Bonchev–Trinajstić information content (AvgIpc) is 2.40. The van der Waals surface area contributed by atoms with Gasteiger partial charge in [-0.25, -0.2) is 0 Å². The van der Waals surface area contributed by atoms with E-state index in [1.807, 2.05) is 18.2 Å². The van der Waals surface area contributed by atoms with Gasteiger partial charge in [0.25, 0.3) is 0 Å². The SMILES string of the molecule is CCCNC(c1ccc(Cl)c(OC)c1)C(C)(C)OC. The molecule has 0 saturated heterocycles. The van der Waals surface area contributed by atoms with E-state index in [1.54, 1.807) is 14.2 Å². The van der Waals surface area contributed by atoms with Gasteiger partial charge in [0, 0.05) is 7.11 Å². The van der Waals surface area contributed by atoms with Gasteiger partial charge in [-0.05, 0) is 44.5 Å². The lowest BCUT2D eigenvalue weighted by molar-refractivity contribution is -0.0111. The Balaban J connectivity index is 3.09. The third-order valence-corrected chi connectivity index (χ3v) is 3.64. The van der Waals surface area contributed by atoms with E-state index in [9.17, 15) is 0 Å². The van der Waals surface area contributed by atoms with Crippen molar-refractivity contribution in [1.29, 1.82) is 0 Å². The molecule has 0 saturated carbocycles. The molecular formula is C15H24ClNO2. The number of methoxy groups -OCH3 is 2. The Labute approximate surface area is 121 Å². The van der Waals surface area contributed by atoms with Crippen LogP contribution in [0.15, 0.2) is 18.2 Å². The van der Waals surface area contributed by atoms with Gasteiger partial charge in [-0.2, -0.15) is 0 Å². The maximum atomic E-state index is 6.08. The first-order chi connectivity index (χ1) is 8.96. The van der Waals surface area contributed by atoms with E-state index in [1.165, 1.54) is 0 Å². The fraction of sp³-hybridized carbons (Fsp3) is 0.600. The van der Waals surface area contributed by atoms with Crippen LogP contribution in [0.5, 0.6) is 5.75 Å². The number of benzene rings is 1. The average molecular weight is 286 g/mol. The summed E-state index contributed by atoms with van der Waals surface area (Å²) in [5.41, 5.74) is 0.801. The summed E-state index contributed by atoms with van der Waals surface area (Å²) >= 11 is 6.08. The second kappa shape index (κ2) is 7.13. The van der Waals surface area contributed by atoms with Crippen LogP contribution < -0.4 is 10.1 Å². The van der Waals surface area contributed by atoms with E-state index in [-0.39, 0.29) is 11.6 Å². The summed E-state index contributed by atoms with van der Waals surface area (Å²) in [4.78, 5) is 0. The molecule has 4 heteroatoms. The predicted octanol–water partition coefficient (Wildman–Crippen LogP) is 3.81. The van der Waals surface area contributed by atoms with Crippen LogP contribution in [0.4, 0.5) is 0 Å². The van der Waals surface area contributed by atoms with Crippen molar-refractivity contribution >= 4 is 11.6 Å². The van der Waals surface area contributed by atoms with Gasteiger partial charge in [-0.1, -0.05) is 24.6 Å². The maximum absolute atomic E-state index is 6.08. The molecule has 1 unspecified atom stereocenters. The normalized spacial score (nSPS) is 13.4. The number of nitrogens with one attached hydrogen (secondary N) is 1. The van der Waals surface area contributed by atoms with Crippen LogP contribution in [0.2, 0.25) is 5.02 Å². The minimum atomic E-state index is -0.311. The highest BCUT2D eigenvalue weighted by Crippen LogP contribution is 2.33. The molecule has 1 rings (SSSR count). The molecule has 0 spiro atoms. The standard InChI is InChI=1S/C15H24ClNO2/c1-6-9-17-14(15(2,3)19-5)11-7-8-12(16)13(10-11)18-4/h7-8,10,14,17H,6,9H2,1-5H3. The van der Waals surface area contributed by atoms with Crippen molar-refractivity contribution in [1.82, 2.24) is 5.32 Å². The maximum Gasteiger partial charge on any atom is 0.137 e. The molecular weight excluding hydrogens is 262 g/mol. The molecule has 1 aromatic rings. The van der Waals surface area contributed by atoms with E-state index in [2.05, 4.69) is 26.1 Å². The Hall–Kier alpha value is -0.770. The van der Waals surface area contributed by atoms with Crippen LogP contribution in [-0.4, -0.2) is 26.4 Å². The lowest BCUT2D eigenvalue weighted by Crippen LogP contribution is -2.41. The molecule has 108 valence electrons. The van der Waals surface area contributed by atoms with E-state index in [0.29, 0.717) is 10.8 Å². The lowest BCUT2D eigenvalue weighted by Gasteiger charge is -2.34. The summed E-state index contributed by atoms with van der Waals surface area (Å²) in [6.07, 6.45) is 1.07. The number of rotatable bonds is 7. The molecule has 1 aromatic carbocycles. The first-order valence-electron chi connectivity index (χ1n) is 6.58. The molecule has 0 aliphatic carbocycles.